The molecule has 0 radical (unpaired) electrons. The number of carbonyl (C=O) groups is 1. The van der Waals surface area contributed by atoms with Crippen molar-refractivity contribution in [2.24, 2.45) is 0 Å². The van der Waals surface area contributed by atoms with Crippen molar-refractivity contribution in [3.05, 3.63) is 48.2 Å². The van der Waals surface area contributed by atoms with Crippen LogP contribution in [0.3, 0.4) is 0 Å². The standard InChI is InChI=1S/C11H7F3N4O/c12-11(13,14)9-7(5-15-6-17-9)10(19)18-8-3-1-2-4-16-8/h1-6H,(H,16,18,19). The molecule has 1 amide bonds. The Balaban J connectivity index is 2.30. The van der Waals surface area contributed by atoms with Gasteiger partial charge in [-0.15, -0.1) is 0 Å². The van der Waals surface area contributed by atoms with E-state index in [0.29, 0.717) is 0 Å². The molecule has 2 heterocycles. The van der Waals surface area contributed by atoms with Gasteiger partial charge in [0.15, 0.2) is 5.69 Å². The summed E-state index contributed by atoms with van der Waals surface area (Å²) in [6, 6.07) is 4.66. The number of amides is 1. The average molecular weight is 268 g/mol. The van der Waals surface area contributed by atoms with Crippen molar-refractivity contribution in [3.63, 3.8) is 0 Å². The second-order valence-electron chi connectivity index (χ2n) is 3.45. The number of hydrogen-bond donors (Lipinski definition) is 1. The maximum absolute atomic E-state index is 12.7. The second-order valence-corrected chi connectivity index (χ2v) is 3.45. The topological polar surface area (TPSA) is 67.8 Å². The summed E-state index contributed by atoms with van der Waals surface area (Å²) in [4.78, 5) is 22.1. The summed E-state index contributed by atoms with van der Waals surface area (Å²) in [7, 11) is 0. The first-order valence-corrected chi connectivity index (χ1v) is 5.08. The fraction of sp³-hybridized carbons (Fsp3) is 0.0909. The van der Waals surface area contributed by atoms with Gasteiger partial charge in [-0.3, -0.25) is 4.79 Å². The van der Waals surface area contributed by atoms with Crippen LogP contribution in [0.4, 0.5) is 19.0 Å². The number of carbonyl (C=O) groups excluding carboxylic acids is 1. The zero-order valence-electron chi connectivity index (χ0n) is 9.35. The zero-order chi connectivity index (χ0) is 13.9. The van der Waals surface area contributed by atoms with Gasteiger partial charge in [-0.1, -0.05) is 6.07 Å². The van der Waals surface area contributed by atoms with E-state index in [9.17, 15) is 18.0 Å². The molecule has 0 aromatic carbocycles. The fourth-order valence-corrected chi connectivity index (χ4v) is 1.34. The van der Waals surface area contributed by atoms with Crippen LogP contribution in [0.5, 0.6) is 0 Å². The summed E-state index contributed by atoms with van der Waals surface area (Å²) in [5.74, 6) is -0.823. The van der Waals surface area contributed by atoms with Gasteiger partial charge in [-0.05, 0) is 12.1 Å². The first kappa shape index (κ1) is 12.9. The van der Waals surface area contributed by atoms with E-state index in [2.05, 4.69) is 20.3 Å². The molecule has 0 aliphatic heterocycles. The van der Waals surface area contributed by atoms with Gasteiger partial charge >= 0.3 is 6.18 Å². The SMILES string of the molecule is O=C(Nc1ccccn1)c1cncnc1C(F)(F)F. The van der Waals surface area contributed by atoms with Crippen molar-refractivity contribution in [3.8, 4) is 0 Å². The van der Waals surface area contributed by atoms with Crippen LogP contribution in [-0.4, -0.2) is 20.9 Å². The van der Waals surface area contributed by atoms with Crippen molar-refractivity contribution in [2.75, 3.05) is 5.32 Å². The molecule has 98 valence electrons. The number of hydrogen-bond acceptors (Lipinski definition) is 4. The summed E-state index contributed by atoms with van der Waals surface area (Å²) in [5.41, 5.74) is -1.93. The molecular formula is C11H7F3N4O. The first-order valence-electron chi connectivity index (χ1n) is 5.08. The molecular weight excluding hydrogens is 261 g/mol. The highest BCUT2D eigenvalue weighted by molar-refractivity contribution is 6.04. The largest absolute Gasteiger partial charge is 0.434 e. The minimum atomic E-state index is -4.72. The predicted octanol–water partition coefficient (Wildman–Crippen LogP) is 2.14. The lowest BCUT2D eigenvalue weighted by Crippen LogP contribution is -2.21. The highest BCUT2D eigenvalue weighted by Crippen LogP contribution is 2.29. The van der Waals surface area contributed by atoms with E-state index in [1.54, 1.807) is 12.1 Å². The lowest BCUT2D eigenvalue weighted by Gasteiger charge is -2.10. The number of pyridine rings is 1. The number of nitrogens with one attached hydrogen (secondary N) is 1. The Morgan fingerprint density at radius 3 is 2.63 bits per heavy atom. The van der Waals surface area contributed by atoms with Gasteiger partial charge in [0.05, 0.1) is 5.56 Å². The minimum absolute atomic E-state index is 0.143. The second kappa shape index (κ2) is 5.01. The molecule has 0 bridgehead atoms. The van der Waals surface area contributed by atoms with Gasteiger partial charge in [-0.2, -0.15) is 13.2 Å². The van der Waals surface area contributed by atoms with E-state index in [4.69, 9.17) is 0 Å². The number of alkyl halides is 3. The molecule has 5 nitrogen and oxygen atoms in total. The summed E-state index contributed by atoms with van der Waals surface area (Å²) in [6.45, 7) is 0. The third-order valence-corrected chi connectivity index (χ3v) is 2.13. The Morgan fingerprint density at radius 1 is 1.21 bits per heavy atom. The first-order chi connectivity index (χ1) is 8.98. The van der Waals surface area contributed by atoms with Crippen LogP contribution >= 0.6 is 0 Å². The third kappa shape index (κ3) is 3.03. The summed E-state index contributed by atoms with van der Waals surface area (Å²) in [5, 5.41) is 2.24. The summed E-state index contributed by atoms with van der Waals surface area (Å²) >= 11 is 0. The molecule has 2 rings (SSSR count). The lowest BCUT2D eigenvalue weighted by molar-refractivity contribution is -0.141. The molecule has 0 unspecified atom stereocenters. The van der Waals surface area contributed by atoms with Crippen LogP contribution < -0.4 is 5.32 Å². The number of aromatic nitrogens is 3. The van der Waals surface area contributed by atoms with Gasteiger partial charge in [0.2, 0.25) is 0 Å². The number of anilines is 1. The van der Waals surface area contributed by atoms with Crippen molar-refractivity contribution < 1.29 is 18.0 Å². The van der Waals surface area contributed by atoms with Crippen LogP contribution in [-0.2, 0) is 6.18 Å². The van der Waals surface area contributed by atoms with Crippen molar-refractivity contribution in [2.45, 2.75) is 6.18 Å². The molecule has 2 aromatic heterocycles. The third-order valence-electron chi connectivity index (χ3n) is 2.13. The molecule has 0 saturated carbocycles. The fourth-order valence-electron chi connectivity index (χ4n) is 1.34. The van der Waals surface area contributed by atoms with Crippen molar-refractivity contribution in [1.29, 1.82) is 0 Å². The Hall–Kier alpha value is -2.51. The number of rotatable bonds is 2. The Labute approximate surface area is 105 Å². The maximum atomic E-state index is 12.7. The van der Waals surface area contributed by atoms with E-state index in [-0.39, 0.29) is 5.82 Å². The van der Waals surface area contributed by atoms with Crippen molar-refractivity contribution >= 4 is 11.7 Å². The minimum Gasteiger partial charge on any atom is -0.306 e. The Morgan fingerprint density at radius 2 is 2.00 bits per heavy atom. The van der Waals surface area contributed by atoms with E-state index in [1.807, 2.05) is 0 Å². The van der Waals surface area contributed by atoms with Gasteiger partial charge in [0, 0.05) is 12.4 Å². The number of halogens is 3. The van der Waals surface area contributed by atoms with Crippen LogP contribution in [0.2, 0.25) is 0 Å². The molecule has 0 saturated heterocycles. The van der Waals surface area contributed by atoms with E-state index >= 15 is 0 Å². The molecule has 0 aliphatic carbocycles. The van der Waals surface area contributed by atoms with E-state index < -0.39 is 23.3 Å². The molecule has 0 fully saturated rings. The molecule has 0 aliphatic rings. The highest BCUT2D eigenvalue weighted by Gasteiger charge is 2.37. The van der Waals surface area contributed by atoms with Crippen LogP contribution in [0.25, 0.3) is 0 Å². The van der Waals surface area contributed by atoms with Gasteiger partial charge in [0.1, 0.15) is 12.1 Å². The summed E-state index contributed by atoms with van der Waals surface area (Å²) in [6.07, 6.45) is -1.77. The van der Waals surface area contributed by atoms with Gasteiger partial charge in [0.25, 0.3) is 5.91 Å². The normalized spacial score (nSPS) is 11.1. The highest BCUT2D eigenvalue weighted by atomic mass is 19.4. The van der Waals surface area contributed by atoms with Gasteiger partial charge in [-0.25, -0.2) is 15.0 Å². The smallest absolute Gasteiger partial charge is 0.306 e. The maximum Gasteiger partial charge on any atom is 0.434 e. The Bertz CT molecular complexity index is 586. The Kier molecular flexibility index (Phi) is 3.41. The lowest BCUT2D eigenvalue weighted by atomic mass is 10.2. The van der Waals surface area contributed by atoms with Crippen LogP contribution in [0.1, 0.15) is 16.1 Å². The monoisotopic (exact) mass is 268 g/mol. The quantitative estimate of drug-likeness (QED) is 0.906. The molecule has 19 heavy (non-hydrogen) atoms. The molecule has 8 heteroatoms. The molecule has 0 spiro atoms. The van der Waals surface area contributed by atoms with Gasteiger partial charge < -0.3 is 5.32 Å². The number of nitrogens with zero attached hydrogens (tertiary/aromatic N) is 3. The van der Waals surface area contributed by atoms with E-state index in [1.165, 1.54) is 12.3 Å². The molecule has 0 atom stereocenters. The molecule has 2 aromatic rings. The predicted molar refractivity (Wildman–Crippen MR) is 59.2 cm³/mol. The van der Waals surface area contributed by atoms with Crippen molar-refractivity contribution in [1.82, 2.24) is 15.0 Å². The zero-order valence-corrected chi connectivity index (χ0v) is 9.35. The van der Waals surface area contributed by atoms with E-state index in [0.717, 1.165) is 12.5 Å². The van der Waals surface area contributed by atoms with Crippen LogP contribution in [0.15, 0.2) is 36.9 Å². The summed E-state index contributed by atoms with van der Waals surface area (Å²) < 4.78 is 38.0. The van der Waals surface area contributed by atoms with Crippen LogP contribution in [0, 0.1) is 0 Å². The molecule has 1 N–H and O–H groups in total. The average Bonchev–Trinajstić information content (AvgIpc) is 2.39.